The number of carbonyl (C=O) groups excluding carboxylic acids is 1. The molecule has 0 fully saturated rings. The van der Waals surface area contributed by atoms with Crippen molar-refractivity contribution in [3.8, 4) is 5.75 Å². The van der Waals surface area contributed by atoms with Gasteiger partial charge in [-0.3, -0.25) is 9.36 Å². The van der Waals surface area contributed by atoms with Crippen LogP contribution >= 0.6 is 22.7 Å². The van der Waals surface area contributed by atoms with Crippen LogP contribution in [0.15, 0.2) is 62.8 Å². The number of thiazole rings is 1. The third kappa shape index (κ3) is 5.65. The molecule has 1 atom stereocenters. The second kappa shape index (κ2) is 11.2. The van der Waals surface area contributed by atoms with E-state index in [9.17, 15) is 9.59 Å². The Bertz CT molecular complexity index is 1380. The van der Waals surface area contributed by atoms with Gasteiger partial charge >= 0.3 is 5.97 Å². The average molecular weight is 511 g/mol. The number of thiophene rings is 1. The van der Waals surface area contributed by atoms with Gasteiger partial charge in [-0.1, -0.05) is 49.3 Å². The number of nitrogens with zero attached hydrogens (tertiary/aromatic N) is 2. The minimum Gasteiger partial charge on any atom is -0.494 e. The summed E-state index contributed by atoms with van der Waals surface area (Å²) in [4.78, 5) is 32.7. The Labute approximate surface area is 212 Å². The average Bonchev–Trinajstić information content (AvgIpc) is 3.45. The Morgan fingerprint density at radius 3 is 2.63 bits per heavy atom. The molecule has 1 aromatic carbocycles. The number of ether oxygens (including phenoxy) is 2. The number of hydrogen-bond acceptors (Lipinski definition) is 7. The molecule has 6 nitrogen and oxygen atoms in total. The van der Waals surface area contributed by atoms with Gasteiger partial charge in [-0.05, 0) is 62.4 Å². The molecule has 0 unspecified atom stereocenters. The van der Waals surface area contributed by atoms with Crippen LogP contribution in [-0.4, -0.2) is 23.2 Å². The zero-order valence-electron chi connectivity index (χ0n) is 20.4. The fraction of sp³-hybridized carbons (Fsp3) is 0.370. The number of allylic oxidation sites excluding steroid dienone is 1. The van der Waals surface area contributed by atoms with E-state index < -0.39 is 12.0 Å². The highest BCUT2D eigenvalue weighted by Crippen LogP contribution is 2.33. The molecule has 184 valence electrons. The van der Waals surface area contributed by atoms with Gasteiger partial charge in [-0.2, -0.15) is 0 Å². The van der Waals surface area contributed by atoms with Crippen LogP contribution in [0.5, 0.6) is 5.75 Å². The van der Waals surface area contributed by atoms with E-state index in [0.29, 0.717) is 27.2 Å². The van der Waals surface area contributed by atoms with E-state index in [0.717, 1.165) is 35.5 Å². The largest absolute Gasteiger partial charge is 0.494 e. The van der Waals surface area contributed by atoms with E-state index in [1.165, 1.54) is 22.7 Å². The topological polar surface area (TPSA) is 69.9 Å². The van der Waals surface area contributed by atoms with Crippen molar-refractivity contribution in [1.29, 1.82) is 0 Å². The summed E-state index contributed by atoms with van der Waals surface area (Å²) in [5, 5.41) is 1.94. The van der Waals surface area contributed by atoms with E-state index >= 15 is 0 Å². The Balaban J connectivity index is 1.71. The molecular weight excluding hydrogens is 480 g/mol. The van der Waals surface area contributed by atoms with Crippen LogP contribution < -0.4 is 19.6 Å². The molecule has 3 aromatic rings. The number of aromatic nitrogens is 1. The fourth-order valence-corrected chi connectivity index (χ4v) is 5.80. The summed E-state index contributed by atoms with van der Waals surface area (Å²) in [6, 6.07) is 11.0. The van der Waals surface area contributed by atoms with Gasteiger partial charge in [-0.25, -0.2) is 9.79 Å². The summed E-state index contributed by atoms with van der Waals surface area (Å²) >= 11 is 2.83. The SMILES string of the molecule is CCCCCOc1ccc(/C=c2/sc3n(c2=O)[C@H](c2cccs2)C(C(=O)OC(C)C)=C(C)N=3)cc1. The monoisotopic (exact) mass is 510 g/mol. The van der Waals surface area contributed by atoms with Crippen molar-refractivity contribution in [2.75, 3.05) is 6.61 Å². The van der Waals surface area contributed by atoms with Gasteiger partial charge in [0.2, 0.25) is 0 Å². The summed E-state index contributed by atoms with van der Waals surface area (Å²) in [7, 11) is 0. The maximum Gasteiger partial charge on any atom is 0.338 e. The predicted molar refractivity (Wildman–Crippen MR) is 141 cm³/mol. The summed E-state index contributed by atoms with van der Waals surface area (Å²) in [5.74, 6) is 0.379. The molecule has 0 N–H and O–H groups in total. The predicted octanol–water partition coefficient (Wildman–Crippen LogP) is 4.82. The Kier molecular flexibility index (Phi) is 8.03. The molecule has 35 heavy (non-hydrogen) atoms. The number of rotatable bonds is 9. The number of fused-ring (bicyclic) bond motifs is 1. The van der Waals surface area contributed by atoms with Gasteiger partial charge in [0.1, 0.15) is 11.8 Å². The Hall–Kier alpha value is -2.97. The molecule has 8 heteroatoms. The number of hydrogen-bond donors (Lipinski definition) is 0. The molecule has 0 radical (unpaired) electrons. The van der Waals surface area contributed by atoms with Crippen LogP contribution in [0.1, 0.15) is 63.4 Å². The van der Waals surface area contributed by atoms with E-state index in [-0.39, 0.29) is 11.7 Å². The minimum atomic E-state index is -0.557. The molecule has 1 aliphatic rings. The second-order valence-corrected chi connectivity index (χ2v) is 10.7. The molecule has 4 rings (SSSR count). The standard InChI is InChI=1S/C27H30N2O4S2/c1-5-6-7-14-32-20-12-10-19(11-13-20)16-22-25(30)29-24(21-9-8-15-34-21)23(26(31)33-17(2)3)18(4)28-27(29)35-22/h8-13,15-17,24H,5-7,14H2,1-4H3/b22-16+/t24-/m1/s1. The van der Waals surface area contributed by atoms with Crippen molar-refractivity contribution in [2.45, 2.75) is 59.1 Å². The molecule has 1 aliphatic heterocycles. The quantitative estimate of drug-likeness (QED) is 0.306. The highest BCUT2D eigenvalue weighted by atomic mass is 32.1. The normalized spacial score (nSPS) is 15.8. The molecule has 0 amide bonds. The first kappa shape index (κ1) is 25.1. The van der Waals surface area contributed by atoms with Crippen molar-refractivity contribution in [3.05, 3.63) is 83.2 Å². The van der Waals surface area contributed by atoms with Crippen LogP contribution in [0, 0.1) is 0 Å². The van der Waals surface area contributed by atoms with Crippen molar-refractivity contribution in [3.63, 3.8) is 0 Å². The van der Waals surface area contributed by atoms with Gasteiger partial charge in [0.25, 0.3) is 5.56 Å². The van der Waals surface area contributed by atoms with Crippen LogP contribution in [0.2, 0.25) is 0 Å². The first-order chi connectivity index (χ1) is 16.9. The van der Waals surface area contributed by atoms with Crippen LogP contribution in [0.4, 0.5) is 0 Å². The van der Waals surface area contributed by atoms with Gasteiger partial charge in [0.05, 0.1) is 28.5 Å². The van der Waals surface area contributed by atoms with Crippen molar-refractivity contribution in [2.24, 2.45) is 4.99 Å². The van der Waals surface area contributed by atoms with Gasteiger partial charge in [0.15, 0.2) is 4.80 Å². The Morgan fingerprint density at radius 1 is 1.20 bits per heavy atom. The van der Waals surface area contributed by atoms with Gasteiger partial charge in [-0.15, -0.1) is 11.3 Å². The maximum absolute atomic E-state index is 13.6. The van der Waals surface area contributed by atoms with Crippen molar-refractivity contribution >= 4 is 34.7 Å². The fourth-order valence-electron chi connectivity index (χ4n) is 3.93. The van der Waals surface area contributed by atoms with Gasteiger partial charge < -0.3 is 9.47 Å². The molecule has 0 aliphatic carbocycles. The summed E-state index contributed by atoms with van der Waals surface area (Å²) in [6.45, 7) is 8.29. The number of esters is 1. The highest BCUT2D eigenvalue weighted by Gasteiger charge is 2.34. The zero-order valence-corrected chi connectivity index (χ0v) is 22.1. The van der Waals surface area contributed by atoms with Crippen molar-refractivity contribution in [1.82, 2.24) is 4.57 Å². The summed E-state index contributed by atoms with van der Waals surface area (Å²) in [6.07, 6.45) is 4.95. The second-order valence-electron chi connectivity index (χ2n) is 8.68. The van der Waals surface area contributed by atoms with Crippen LogP contribution in [0.3, 0.4) is 0 Å². The third-order valence-electron chi connectivity index (χ3n) is 5.59. The third-order valence-corrected chi connectivity index (χ3v) is 7.50. The van der Waals surface area contributed by atoms with Crippen LogP contribution in [-0.2, 0) is 9.53 Å². The first-order valence-corrected chi connectivity index (χ1v) is 13.6. The first-order valence-electron chi connectivity index (χ1n) is 11.9. The molecular formula is C27H30N2O4S2. The maximum atomic E-state index is 13.6. The van der Waals surface area contributed by atoms with Crippen LogP contribution in [0.25, 0.3) is 6.08 Å². The lowest BCUT2D eigenvalue weighted by molar-refractivity contribution is -0.143. The molecule has 3 heterocycles. The molecule has 0 spiro atoms. The molecule has 0 saturated heterocycles. The van der Waals surface area contributed by atoms with E-state index in [2.05, 4.69) is 11.9 Å². The summed E-state index contributed by atoms with van der Waals surface area (Å²) < 4.78 is 13.5. The van der Waals surface area contributed by atoms with E-state index in [1.54, 1.807) is 11.5 Å². The van der Waals surface area contributed by atoms with E-state index in [1.807, 2.05) is 61.7 Å². The molecule has 0 saturated carbocycles. The van der Waals surface area contributed by atoms with E-state index in [4.69, 9.17) is 9.47 Å². The molecule has 2 aromatic heterocycles. The van der Waals surface area contributed by atoms with Gasteiger partial charge in [0, 0.05) is 4.88 Å². The zero-order chi connectivity index (χ0) is 24.9. The highest BCUT2D eigenvalue weighted by molar-refractivity contribution is 7.10. The molecule has 0 bridgehead atoms. The lowest BCUT2D eigenvalue weighted by atomic mass is 10.0. The number of benzene rings is 1. The number of unbranched alkanes of at least 4 members (excludes halogenated alkanes) is 2. The number of carbonyl (C=O) groups is 1. The van der Waals surface area contributed by atoms with Crippen molar-refractivity contribution < 1.29 is 14.3 Å². The summed E-state index contributed by atoms with van der Waals surface area (Å²) in [5.41, 5.74) is 1.71. The Morgan fingerprint density at radius 2 is 1.97 bits per heavy atom. The minimum absolute atomic E-state index is 0.172. The smallest absolute Gasteiger partial charge is 0.338 e. The lowest BCUT2D eigenvalue weighted by Gasteiger charge is -2.24. The lowest BCUT2D eigenvalue weighted by Crippen LogP contribution is -2.39.